The maximum Gasteiger partial charge on any atom is 0.421 e. The van der Waals surface area contributed by atoms with E-state index in [-0.39, 0.29) is 12.4 Å². The second kappa shape index (κ2) is 8.12. The molecule has 8 heteroatoms. The van der Waals surface area contributed by atoms with Gasteiger partial charge in [-0.25, -0.2) is 14.7 Å². The summed E-state index contributed by atoms with van der Waals surface area (Å²) >= 11 is 0. The van der Waals surface area contributed by atoms with Crippen molar-refractivity contribution in [1.82, 2.24) is 4.98 Å². The van der Waals surface area contributed by atoms with Crippen LogP contribution in [0.4, 0.5) is 10.5 Å². The highest BCUT2D eigenvalue weighted by molar-refractivity contribution is 6.18. The zero-order valence-electron chi connectivity index (χ0n) is 16.3. The number of methoxy groups -OCH3 is 1. The van der Waals surface area contributed by atoms with Crippen molar-refractivity contribution in [2.24, 2.45) is 0 Å². The number of anilines is 1. The molecule has 0 aliphatic carbocycles. The first-order valence-corrected chi connectivity index (χ1v) is 9.10. The van der Waals surface area contributed by atoms with Crippen LogP contribution in [0.1, 0.15) is 22.0 Å². The van der Waals surface area contributed by atoms with Gasteiger partial charge < -0.3 is 18.3 Å². The summed E-state index contributed by atoms with van der Waals surface area (Å²) < 4.78 is 21.3. The average molecular weight is 406 g/mol. The summed E-state index contributed by atoms with van der Waals surface area (Å²) in [5.41, 5.74) is 2.52. The molecule has 0 radical (unpaired) electrons. The molecule has 0 aliphatic heterocycles. The van der Waals surface area contributed by atoms with Crippen LogP contribution >= 0.6 is 0 Å². The van der Waals surface area contributed by atoms with Crippen molar-refractivity contribution >= 4 is 28.8 Å². The van der Waals surface area contributed by atoms with Gasteiger partial charge in [-0.15, -0.1) is 0 Å². The van der Waals surface area contributed by atoms with Gasteiger partial charge in [-0.2, -0.15) is 0 Å². The maximum absolute atomic E-state index is 12.9. The number of oxazole rings is 1. The Hall–Kier alpha value is -4.07. The Bertz CT molecular complexity index is 1180. The minimum Gasteiger partial charge on any atom is -0.480 e. The monoisotopic (exact) mass is 406 g/mol. The van der Waals surface area contributed by atoms with Gasteiger partial charge in [-0.05, 0) is 30.7 Å². The van der Waals surface area contributed by atoms with Crippen LogP contribution in [-0.2, 0) is 11.3 Å². The van der Waals surface area contributed by atoms with Gasteiger partial charge in [0.2, 0.25) is 5.89 Å². The van der Waals surface area contributed by atoms with Crippen molar-refractivity contribution in [1.29, 1.82) is 0 Å². The molecule has 0 N–H and O–H groups in total. The summed E-state index contributed by atoms with van der Waals surface area (Å²) in [6.07, 6.45) is 0.461. The molecule has 0 atom stereocenters. The number of nitrogens with zero attached hydrogens (tertiary/aromatic N) is 2. The number of aromatic nitrogens is 1. The van der Waals surface area contributed by atoms with Gasteiger partial charge in [0, 0.05) is 6.07 Å². The summed E-state index contributed by atoms with van der Waals surface area (Å²) in [6.45, 7) is 1.84. The number of imide groups is 1. The minimum absolute atomic E-state index is 0.0559. The van der Waals surface area contributed by atoms with E-state index in [0.717, 1.165) is 16.0 Å². The fourth-order valence-electron chi connectivity index (χ4n) is 2.94. The molecule has 0 unspecified atom stereocenters. The third-order valence-electron chi connectivity index (χ3n) is 4.40. The van der Waals surface area contributed by atoms with Crippen molar-refractivity contribution in [3.63, 3.8) is 0 Å². The van der Waals surface area contributed by atoms with Gasteiger partial charge in [0.25, 0.3) is 0 Å². The highest BCUT2D eigenvalue weighted by Gasteiger charge is 2.29. The number of fused-ring (bicyclic) bond motifs is 1. The average Bonchev–Trinajstić information content (AvgIpc) is 3.40. The second-order valence-electron chi connectivity index (χ2n) is 6.41. The number of carbonyl (C=O) groups is 2. The van der Waals surface area contributed by atoms with Crippen molar-refractivity contribution in [3.8, 4) is 5.75 Å². The Labute approximate surface area is 171 Å². The van der Waals surface area contributed by atoms with Crippen LogP contribution < -0.4 is 9.64 Å². The molecule has 0 bridgehead atoms. The number of hydrogen-bond acceptors (Lipinski definition) is 7. The van der Waals surface area contributed by atoms with Crippen LogP contribution in [0.25, 0.3) is 11.1 Å². The highest BCUT2D eigenvalue weighted by atomic mass is 16.5. The third-order valence-corrected chi connectivity index (χ3v) is 4.40. The van der Waals surface area contributed by atoms with Crippen LogP contribution in [0.2, 0.25) is 0 Å². The quantitative estimate of drug-likeness (QED) is 0.473. The predicted molar refractivity (Wildman–Crippen MR) is 107 cm³/mol. The van der Waals surface area contributed by atoms with E-state index in [9.17, 15) is 9.59 Å². The van der Waals surface area contributed by atoms with Crippen LogP contribution in [0.5, 0.6) is 5.75 Å². The molecule has 0 aliphatic rings. The molecule has 30 heavy (non-hydrogen) atoms. The summed E-state index contributed by atoms with van der Waals surface area (Å²) in [6, 6.07) is 15.7. The molecule has 2 amide bonds. The molecule has 0 saturated heterocycles. The Kier molecular flexibility index (Phi) is 5.21. The highest BCUT2D eigenvalue weighted by Crippen LogP contribution is 2.25. The van der Waals surface area contributed by atoms with Crippen LogP contribution in [0, 0.1) is 6.92 Å². The van der Waals surface area contributed by atoms with E-state index in [1.54, 1.807) is 25.1 Å². The predicted octanol–water partition coefficient (Wildman–Crippen LogP) is 4.72. The van der Waals surface area contributed by atoms with Crippen molar-refractivity contribution in [2.45, 2.75) is 13.5 Å². The molecule has 2 aromatic carbocycles. The fourth-order valence-corrected chi connectivity index (χ4v) is 2.94. The number of furan rings is 1. The van der Waals surface area contributed by atoms with Crippen LogP contribution in [-0.4, -0.2) is 24.1 Å². The van der Waals surface area contributed by atoms with Crippen molar-refractivity contribution in [3.05, 3.63) is 78.1 Å². The zero-order chi connectivity index (χ0) is 21.1. The molecule has 4 aromatic rings. The zero-order valence-corrected chi connectivity index (χ0v) is 16.3. The third kappa shape index (κ3) is 3.75. The lowest BCUT2D eigenvalue weighted by atomic mass is 10.2. The summed E-state index contributed by atoms with van der Waals surface area (Å²) in [5.74, 6) is -0.0549. The van der Waals surface area contributed by atoms with E-state index in [4.69, 9.17) is 18.3 Å². The Morgan fingerprint density at radius 3 is 2.63 bits per heavy atom. The van der Waals surface area contributed by atoms with E-state index in [1.165, 1.54) is 19.4 Å². The largest absolute Gasteiger partial charge is 0.480 e. The number of benzene rings is 2. The lowest BCUT2D eigenvalue weighted by molar-refractivity contribution is 0.0949. The molecule has 0 fully saturated rings. The van der Waals surface area contributed by atoms with Gasteiger partial charge in [0.1, 0.15) is 11.8 Å². The molecule has 8 nitrogen and oxygen atoms in total. The van der Waals surface area contributed by atoms with Gasteiger partial charge in [0.15, 0.2) is 23.7 Å². The molecular formula is C22H18N2O6. The fraction of sp³-hybridized carbons (Fsp3) is 0.136. The Morgan fingerprint density at radius 1 is 1.10 bits per heavy atom. The minimum atomic E-state index is -0.820. The first-order chi connectivity index (χ1) is 14.6. The standard InChI is InChI=1S/C22H18N2O6/c1-14-7-3-5-9-17(14)24(22(26)27-2)21(25)19-11-15(12-29-19)28-13-20-23-16-8-4-6-10-18(16)30-20/h3-12H,13H2,1-2H3. The lowest BCUT2D eigenvalue weighted by Crippen LogP contribution is -2.37. The Morgan fingerprint density at radius 2 is 1.87 bits per heavy atom. The van der Waals surface area contributed by atoms with Gasteiger partial charge in [0.05, 0.1) is 12.8 Å². The topological polar surface area (TPSA) is 95.0 Å². The number of aryl methyl sites for hydroxylation is 1. The van der Waals surface area contributed by atoms with Crippen LogP contribution in [0.15, 0.2) is 69.7 Å². The summed E-state index contributed by atoms with van der Waals surface area (Å²) in [5, 5.41) is 0. The van der Waals surface area contributed by atoms with Crippen LogP contribution in [0.3, 0.4) is 0 Å². The first-order valence-electron chi connectivity index (χ1n) is 9.10. The van der Waals surface area contributed by atoms with Crippen molar-refractivity contribution in [2.75, 3.05) is 12.0 Å². The number of amides is 2. The number of carbonyl (C=O) groups excluding carboxylic acids is 2. The van der Waals surface area contributed by atoms with E-state index < -0.39 is 12.0 Å². The van der Waals surface area contributed by atoms with Gasteiger partial charge in [-0.1, -0.05) is 30.3 Å². The van der Waals surface area contributed by atoms with E-state index in [2.05, 4.69) is 4.98 Å². The normalized spacial score (nSPS) is 10.7. The maximum atomic E-state index is 12.9. The second-order valence-corrected chi connectivity index (χ2v) is 6.41. The number of rotatable bonds is 5. The smallest absolute Gasteiger partial charge is 0.421 e. The number of para-hydroxylation sites is 3. The lowest BCUT2D eigenvalue weighted by Gasteiger charge is -2.20. The molecule has 2 aromatic heterocycles. The molecule has 4 rings (SSSR count). The molecule has 0 saturated carbocycles. The number of ether oxygens (including phenoxy) is 2. The van der Waals surface area contributed by atoms with Gasteiger partial charge in [-0.3, -0.25) is 4.79 Å². The first kappa shape index (κ1) is 19.3. The van der Waals surface area contributed by atoms with E-state index in [1.807, 2.05) is 30.3 Å². The SMILES string of the molecule is COC(=O)N(C(=O)c1cc(OCc2nc3ccccc3o2)co1)c1ccccc1C. The molecular weight excluding hydrogens is 388 g/mol. The number of hydrogen-bond donors (Lipinski definition) is 0. The van der Waals surface area contributed by atoms with Crippen molar-refractivity contribution < 1.29 is 27.9 Å². The van der Waals surface area contributed by atoms with Gasteiger partial charge >= 0.3 is 12.0 Å². The Balaban J connectivity index is 1.52. The molecule has 0 spiro atoms. The molecule has 2 heterocycles. The molecule has 152 valence electrons. The van der Waals surface area contributed by atoms with E-state index >= 15 is 0 Å². The van der Waals surface area contributed by atoms with E-state index in [0.29, 0.717) is 22.9 Å². The summed E-state index contributed by atoms with van der Waals surface area (Å²) in [7, 11) is 1.21. The summed E-state index contributed by atoms with van der Waals surface area (Å²) in [4.78, 5) is 30.5.